The van der Waals surface area contributed by atoms with E-state index in [-0.39, 0.29) is 0 Å². The van der Waals surface area contributed by atoms with Crippen LogP contribution in [0.2, 0.25) is 0 Å². The molecule has 2 rings (SSSR count). The van der Waals surface area contributed by atoms with Crippen molar-refractivity contribution in [3.8, 4) is 0 Å². The molecule has 0 aliphatic carbocycles. The summed E-state index contributed by atoms with van der Waals surface area (Å²) in [7, 11) is 5.79. The zero-order valence-electron chi connectivity index (χ0n) is 13.1. The van der Waals surface area contributed by atoms with Gasteiger partial charge in [-0.2, -0.15) is 5.10 Å². The molecule has 0 saturated carbocycles. The Balaban J connectivity index is 1.87. The molecule has 1 unspecified atom stereocenters. The van der Waals surface area contributed by atoms with Gasteiger partial charge in [-0.1, -0.05) is 13.0 Å². The highest BCUT2D eigenvalue weighted by Gasteiger charge is 2.11. The molecule has 2 heterocycles. The fourth-order valence-electron chi connectivity index (χ4n) is 2.20. The molecule has 21 heavy (non-hydrogen) atoms. The fraction of sp³-hybridized carbons (Fsp3) is 0.467. The normalized spacial score (nSPS) is 13.2. The van der Waals surface area contributed by atoms with Crippen molar-refractivity contribution in [1.29, 1.82) is 0 Å². The predicted molar refractivity (Wildman–Crippen MR) is 88.8 cm³/mol. The second kappa shape index (κ2) is 7.26. The van der Waals surface area contributed by atoms with Gasteiger partial charge in [0.05, 0.1) is 6.20 Å². The van der Waals surface area contributed by atoms with Crippen LogP contribution in [0.4, 0.5) is 0 Å². The maximum atomic E-state index is 4.35. The highest BCUT2D eigenvalue weighted by molar-refractivity contribution is 7.10. The van der Waals surface area contributed by atoms with Crippen LogP contribution in [0.3, 0.4) is 0 Å². The predicted octanol–water partition coefficient (Wildman–Crippen LogP) is 2.29. The number of hydrogen-bond donors (Lipinski definition) is 1. The summed E-state index contributed by atoms with van der Waals surface area (Å²) in [4.78, 5) is 7.86. The van der Waals surface area contributed by atoms with E-state index in [2.05, 4.69) is 44.7 Å². The minimum Gasteiger partial charge on any atom is -0.356 e. The van der Waals surface area contributed by atoms with Gasteiger partial charge in [-0.25, -0.2) is 0 Å². The minimum absolute atomic E-state index is 0.480. The van der Waals surface area contributed by atoms with Gasteiger partial charge in [-0.15, -0.1) is 11.3 Å². The van der Waals surface area contributed by atoms with Gasteiger partial charge < -0.3 is 10.2 Å². The zero-order valence-corrected chi connectivity index (χ0v) is 13.9. The molecule has 5 nitrogen and oxygen atoms in total. The number of rotatable bonds is 5. The fourth-order valence-corrected chi connectivity index (χ4v) is 2.99. The van der Waals surface area contributed by atoms with Gasteiger partial charge in [0.1, 0.15) is 0 Å². The smallest absolute Gasteiger partial charge is 0.193 e. The monoisotopic (exact) mass is 305 g/mol. The van der Waals surface area contributed by atoms with Crippen LogP contribution < -0.4 is 5.32 Å². The second-order valence-corrected chi connectivity index (χ2v) is 6.20. The Morgan fingerprint density at radius 2 is 2.38 bits per heavy atom. The van der Waals surface area contributed by atoms with Crippen molar-refractivity contribution in [2.75, 3.05) is 20.6 Å². The molecule has 0 aromatic carbocycles. The molecule has 0 radical (unpaired) electrons. The van der Waals surface area contributed by atoms with Crippen LogP contribution in [0.1, 0.15) is 23.3 Å². The summed E-state index contributed by atoms with van der Waals surface area (Å²) in [6.07, 6.45) is 3.91. The summed E-state index contributed by atoms with van der Waals surface area (Å²) in [5.41, 5.74) is 1.18. The van der Waals surface area contributed by atoms with Crippen molar-refractivity contribution in [2.45, 2.75) is 19.4 Å². The molecule has 114 valence electrons. The Morgan fingerprint density at radius 3 is 2.95 bits per heavy atom. The number of aryl methyl sites for hydroxylation is 1. The van der Waals surface area contributed by atoms with Gasteiger partial charge in [0.25, 0.3) is 0 Å². The number of aliphatic imine (C=N–C) groups is 1. The number of nitrogens with one attached hydrogen (secondary N) is 1. The van der Waals surface area contributed by atoms with E-state index >= 15 is 0 Å². The van der Waals surface area contributed by atoms with E-state index in [0.717, 1.165) is 19.0 Å². The summed E-state index contributed by atoms with van der Waals surface area (Å²) in [6, 6.07) is 4.28. The van der Waals surface area contributed by atoms with E-state index in [1.165, 1.54) is 10.4 Å². The van der Waals surface area contributed by atoms with Crippen molar-refractivity contribution in [1.82, 2.24) is 20.0 Å². The highest BCUT2D eigenvalue weighted by atomic mass is 32.1. The third-order valence-electron chi connectivity index (χ3n) is 3.35. The Bertz CT molecular complexity index is 573. The van der Waals surface area contributed by atoms with Crippen molar-refractivity contribution < 1.29 is 0 Å². The Labute approximate surface area is 130 Å². The average molecular weight is 305 g/mol. The molecule has 0 saturated heterocycles. The van der Waals surface area contributed by atoms with E-state index in [0.29, 0.717) is 5.92 Å². The first-order valence-corrected chi connectivity index (χ1v) is 7.91. The summed E-state index contributed by atoms with van der Waals surface area (Å²) in [6.45, 7) is 3.90. The van der Waals surface area contributed by atoms with Gasteiger partial charge in [-0.3, -0.25) is 9.67 Å². The lowest BCUT2D eigenvalue weighted by Gasteiger charge is -2.22. The molecule has 6 heteroatoms. The number of thiophene rings is 1. The van der Waals surface area contributed by atoms with Crippen LogP contribution in [0, 0.1) is 0 Å². The molecule has 0 fully saturated rings. The number of aromatic nitrogens is 2. The quantitative estimate of drug-likeness (QED) is 0.681. The van der Waals surface area contributed by atoms with E-state index in [1.54, 1.807) is 11.3 Å². The molecule has 0 aliphatic rings. The average Bonchev–Trinajstić information content (AvgIpc) is 3.11. The van der Waals surface area contributed by atoms with Crippen molar-refractivity contribution in [2.24, 2.45) is 12.0 Å². The van der Waals surface area contributed by atoms with Crippen LogP contribution in [0.5, 0.6) is 0 Å². The van der Waals surface area contributed by atoms with Crippen LogP contribution in [0.25, 0.3) is 0 Å². The Morgan fingerprint density at radius 1 is 1.57 bits per heavy atom. The van der Waals surface area contributed by atoms with Crippen molar-refractivity contribution in [3.05, 3.63) is 40.3 Å². The lowest BCUT2D eigenvalue weighted by Crippen LogP contribution is -2.39. The van der Waals surface area contributed by atoms with Crippen LogP contribution in [0.15, 0.2) is 34.9 Å². The molecular formula is C15H23N5S. The Hall–Kier alpha value is -1.82. The first kappa shape index (κ1) is 15.6. The van der Waals surface area contributed by atoms with Gasteiger partial charge in [0.2, 0.25) is 0 Å². The minimum atomic E-state index is 0.480. The molecular weight excluding hydrogens is 282 g/mol. The third-order valence-corrected chi connectivity index (χ3v) is 4.45. The maximum absolute atomic E-state index is 4.35. The SMILES string of the molecule is CN=C(NCC(C)c1cccs1)N(C)Cc1cnn(C)c1. The zero-order chi connectivity index (χ0) is 15.2. The molecule has 2 aromatic rings. The van der Waals surface area contributed by atoms with Gasteiger partial charge >= 0.3 is 0 Å². The number of hydrogen-bond acceptors (Lipinski definition) is 3. The summed E-state index contributed by atoms with van der Waals surface area (Å²) >= 11 is 1.80. The van der Waals surface area contributed by atoms with Crippen LogP contribution >= 0.6 is 11.3 Å². The van der Waals surface area contributed by atoms with E-state index in [1.807, 2.05) is 38.2 Å². The molecule has 0 spiro atoms. The largest absolute Gasteiger partial charge is 0.356 e. The highest BCUT2D eigenvalue weighted by Crippen LogP contribution is 2.19. The van der Waals surface area contributed by atoms with Gasteiger partial charge in [0.15, 0.2) is 5.96 Å². The Kier molecular flexibility index (Phi) is 5.38. The summed E-state index contributed by atoms with van der Waals surface area (Å²) < 4.78 is 1.82. The summed E-state index contributed by atoms with van der Waals surface area (Å²) in [5, 5.41) is 9.75. The van der Waals surface area contributed by atoms with Crippen LogP contribution in [-0.4, -0.2) is 41.3 Å². The lowest BCUT2D eigenvalue weighted by molar-refractivity contribution is 0.473. The molecule has 0 aliphatic heterocycles. The molecule has 1 N–H and O–H groups in total. The van der Waals surface area contributed by atoms with Gasteiger partial charge in [-0.05, 0) is 11.4 Å². The molecule has 2 aromatic heterocycles. The molecule has 0 amide bonds. The summed E-state index contributed by atoms with van der Waals surface area (Å²) in [5.74, 6) is 1.39. The standard InChI is InChI=1S/C15H23N5S/c1-12(14-6-5-7-21-14)8-17-15(16-2)19(3)10-13-9-18-20(4)11-13/h5-7,9,11-12H,8,10H2,1-4H3,(H,16,17). The van der Waals surface area contributed by atoms with E-state index in [9.17, 15) is 0 Å². The van der Waals surface area contributed by atoms with Crippen molar-refractivity contribution >= 4 is 17.3 Å². The van der Waals surface area contributed by atoms with E-state index < -0.39 is 0 Å². The van der Waals surface area contributed by atoms with Crippen LogP contribution in [-0.2, 0) is 13.6 Å². The first-order chi connectivity index (χ1) is 10.1. The van der Waals surface area contributed by atoms with Gasteiger partial charge in [0, 0.05) is 56.8 Å². The number of nitrogens with zero attached hydrogens (tertiary/aromatic N) is 4. The first-order valence-electron chi connectivity index (χ1n) is 7.03. The van der Waals surface area contributed by atoms with E-state index in [4.69, 9.17) is 0 Å². The topological polar surface area (TPSA) is 45.5 Å². The lowest BCUT2D eigenvalue weighted by atomic mass is 10.1. The number of guanidine groups is 1. The third kappa shape index (κ3) is 4.32. The molecule has 1 atom stereocenters. The second-order valence-electron chi connectivity index (χ2n) is 5.22. The van der Waals surface area contributed by atoms with Crippen molar-refractivity contribution in [3.63, 3.8) is 0 Å². The molecule has 0 bridgehead atoms. The maximum Gasteiger partial charge on any atom is 0.193 e.